The molecule has 0 aliphatic carbocycles. The van der Waals surface area contributed by atoms with Crippen molar-refractivity contribution in [3.63, 3.8) is 0 Å². The molecule has 0 saturated heterocycles. The Hall–Kier alpha value is -1.32. The van der Waals surface area contributed by atoms with Gasteiger partial charge >= 0.3 is 0 Å². The van der Waals surface area contributed by atoms with Crippen LogP contribution in [0.2, 0.25) is 5.02 Å². The molecule has 1 unspecified atom stereocenters. The molecule has 0 bridgehead atoms. The highest BCUT2D eigenvalue weighted by atomic mass is 35.5. The number of nitrogens with two attached hydrogens (primary N) is 1. The minimum atomic E-state index is -0.0498. The fraction of sp³-hybridized carbons (Fsp3) is 0.400. The lowest BCUT2D eigenvalue weighted by atomic mass is 10.0. The van der Waals surface area contributed by atoms with Crippen molar-refractivity contribution in [2.24, 2.45) is 5.73 Å². The molecule has 2 rings (SSSR count). The Morgan fingerprint density at radius 1 is 1.32 bits per heavy atom. The number of hydrogen-bond acceptors (Lipinski definition) is 2. The third-order valence-corrected chi connectivity index (χ3v) is 3.48. The number of aromatic nitrogens is 2. The van der Waals surface area contributed by atoms with Crippen LogP contribution in [0.15, 0.2) is 30.3 Å². The van der Waals surface area contributed by atoms with E-state index in [1.54, 1.807) is 0 Å². The summed E-state index contributed by atoms with van der Waals surface area (Å²) >= 11 is 6.00. The smallest absolute Gasteiger partial charge is 0.0625 e. The van der Waals surface area contributed by atoms with Gasteiger partial charge in [-0.05, 0) is 43.5 Å². The van der Waals surface area contributed by atoms with Crippen molar-refractivity contribution >= 4 is 11.6 Å². The van der Waals surface area contributed by atoms with E-state index in [0.29, 0.717) is 0 Å². The van der Waals surface area contributed by atoms with Gasteiger partial charge in [-0.3, -0.25) is 4.68 Å². The molecule has 0 spiro atoms. The van der Waals surface area contributed by atoms with Crippen LogP contribution in [0.5, 0.6) is 0 Å². The Balaban J connectivity index is 2.19. The van der Waals surface area contributed by atoms with E-state index in [2.05, 4.69) is 31.1 Å². The summed E-state index contributed by atoms with van der Waals surface area (Å²) in [4.78, 5) is 0. The fourth-order valence-electron chi connectivity index (χ4n) is 2.23. The summed E-state index contributed by atoms with van der Waals surface area (Å²) < 4.78 is 1.99. The van der Waals surface area contributed by atoms with Crippen molar-refractivity contribution in [3.05, 3.63) is 52.3 Å². The zero-order chi connectivity index (χ0) is 13.8. The van der Waals surface area contributed by atoms with Gasteiger partial charge in [-0.2, -0.15) is 5.10 Å². The van der Waals surface area contributed by atoms with Gasteiger partial charge in [0.05, 0.1) is 17.4 Å². The maximum absolute atomic E-state index is 6.32. The van der Waals surface area contributed by atoms with E-state index in [9.17, 15) is 0 Å². The highest BCUT2D eigenvalue weighted by molar-refractivity contribution is 6.30. The first-order valence-electron chi connectivity index (χ1n) is 6.70. The van der Waals surface area contributed by atoms with Gasteiger partial charge in [0.2, 0.25) is 0 Å². The molecule has 1 atom stereocenters. The molecule has 1 heterocycles. The molecular weight excluding hydrogens is 258 g/mol. The van der Waals surface area contributed by atoms with Gasteiger partial charge < -0.3 is 5.73 Å². The zero-order valence-electron chi connectivity index (χ0n) is 11.4. The van der Waals surface area contributed by atoms with E-state index >= 15 is 0 Å². The molecule has 1 aromatic carbocycles. The summed E-state index contributed by atoms with van der Waals surface area (Å²) in [5.41, 5.74) is 9.66. The Morgan fingerprint density at radius 2 is 2.11 bits per heavy atom. The van der Waals surface area contributed by atoms with Gasteiger partial charge in [-0.25, -0.2) is 0 Å². The van der Waals surface area contributed by atoms with Crippen LogP contribution in [0.3, 0.4) is 0 Å². The van der Waals surface area contributed by atoms with Crippen LogP contribution in [-0.4, -0.2) is 9.78 Å². The zero-order valence-corrected chi connectivity index (χ0v) is 12.2. The second-order valence-corrected chi connectivity index (χ2v) is 5.11. The van der Waals surface area contributed by atoms with Crippen molar-refractivity contribution in [1.82, 2.24) is 9.78 Å². The molecule has 0 amide bonds. The summed E-state index contributed by atoms with van der Waals surface area (Å²) in [5, 5.41) is 5.29. The number of aryl methyl sites for hydroxylation is 2. The molecule has 3 nitrogen and oxygen atoms in total. The second kappa shape index (κ2) is 6.22. The molecule has 2 aromatic rings. The van der Waals surface area contributed by atoms with Crippen LogP contribution >= 0.6 is 11.6 Å². The van der Waals surface area contributed by atoms with Gasteiger partial charge in [0.1, 0.15) is 0 Å². The van der Waals surface area contributed by atoms with Gasteiger partial charge in [-0.1, -0.05) is 30.7 Å². The standard InChI is InChI=1S/C15H20ClN3/c1-3-13-10-15(19(4-2)18-13)14(17)9-11-6-5-7-12(16)8-11/h5-8,10,14H,3-4,9,17H2,1-2H3. The quantitative estimate of drug-likeness (QED) is 0.911. The Kier molecular flexibility index (Phi) is 4.61. The van der Waals surface area contributed by atoms with Crippen LogP contribution in [0, 0.1) is 0 Å². The highest BCUT2D eigenvalue weighted by Gasteiger charge is 2.14. The van der Waals surface area contributed by atoms with Gasteiger partial charge in [0.15, 0.2) is 0 Å². The molecule has 0 aliphatic rings. The normalized spacial score (nSPS) is 12.6. The van der Waals surface area contributed by atoms with E-state index in [-0.39, 0.29) is 6.04 Å². The first-order chi connectivity index (χ1) is 9.13. The van der Waals surface area contributed by atoms with Crippen LogP contribution in [0.4, 0.5) is 0 Å². The van der Waals surface area contributed by atoms with Crippen LogP contribution < -0.4 is 5.73 Å². The van der Waals surface area contributed by atoms with Crippen molar-refractivity contribution in [3.8, 4) is 0 Å². The van der Waals surface area contributed by atoms with Crippen LogP contribution in [0.25, 0.3) is 0 Å². The van der Waals surface area contributed by atoms with E-state index in [4.69, 9.17) is 17.3 Å². The summed E-state index contributed by atoms with van der Waals surface area (Å²) in [6.45, 7) is 5.04. The van der Waals surface area contributed by atoms with E-state index in [0.717, 1.165) is 41.4 Å². The largest absolute Gasteiger partial charge is 0.322 e. The summed E-state index contributed by atoms with van der Waals surface area (Å²) in [6.07, 6.45) is 1.71. The van der Waals surface area contributed by atoms with E-state index in [1.807, 2.05) is 22.9 Å². The lowest BCUT2D eigenvalue weighted by molar-refractivity contribution is 0.565. The van der Waals surface area contributed by atoms with Crippen molar-refractivity contribution in [2.45, 2.75) is 39.3 Å². The number of benzene rings is 1. The van der Waals surface area contributed by atoms with Gasteiger partial charge in [0, 0.05) is 11.6 Å². The Labute approximate surface area is 119 Å². The summed E-state index contributed by atoms with van der Waals surface area (Å²) in [7, 11) is 0. The lowest BCUT2D eigenvalue weighted by Crippen LogP contribution is -2.18. The molecule has 0 saturated carbocycles. The van der Waals surface area contributed by atoms with E-state index in [1.165, 1.54) is 0 Å². The maximum atomic E-state index is 6.32. The highest BCUT2D eigenvalue weighted by Crippen LogP contribution is 2.20. The lowest BCUT2D eigenvalue weighted by Gasteiger charge is -2.13. The average Bonchev–Trinajstić information content (AvgIpc) is 2.82. The summed E-state index contributed by atoms with van der Waals surface area (Å²) in [6, 6.07) is 9.92. The predicted octanol–water partition coefficient (Wildman–Crippen LogP) is 3.36. The molecule has 0 radical (unpaired) electrons. The van der Waals surface area contributed by atoms with Crippen molar-refractivity contribution < 1.29 is 0 Å². The molecule has 0 fully saturated rings. The molecule has 2 N–H and O–H groups in total. The predicted molar refractivity (Wildman–Crippen MR) is 79.4 cm³/mol. The number of nitrogens with zero attached hydrogens (tertiary/aromatic N) is 2. The molecule has 0 aliphatic heterocycles. The maximum Gasteiger partial charge on any atom is 0.0625 e. The second-order valence-electron chi connectivity index (χ2n) is 4.67. The SMILES string of the molecule is CCc1cc(C(N)Cc2cccc(Cl)c2)n(CC)n1. The topological polar surface area (TPSA) is 43.8 Å². The minimum Gasteiger partial charge on any atom is -0.322 e. The molecule has 4 heteroatoms. The molecule has 102 valence electrons. The third-order valence-electron chi connectivity index (χ3n) is 3.25. The Morgan fingerprint density at radius 3 is 2.74 bits per heavy atom. The third kappa shape index (κ3) is 3.37. The number of halogens is 1. The first-order valence-corrected chi connectivity index (χ1v) is 7.08. The molecular formula is C15H20ClN3. The minimum absolute atomic E-state index is 0.0498. The molecule has 19 heavy (non-hydrogen) atoms. The average molecular weight is 278 g/mol. The van der Waals surface area contributed by atoms with E-state index < -0.39 is 0 Å². The molecule has 1 aromatic heterocycles. The van der Waals surface area contributed by atoms with Crippen molar-refractivity contribution in [1.29, 1.82) is 0 Å². The monoisotopic (exact) mass is 277 g/mol. The fourth-order valence-corrected chi connectivity index (χ4v) is 2.45. The Bertz CT molecular complexity index is 548. The first kappa shape index (κ1) is 14.1. The van der Waals surface area contributed by atoms with Crippen molar-refractivity contribution in [2.75, 3.05) is 0 Å². The van der Waals surface area contributed by atoms with Gasteiger partial charge in [0.25, 0.3) is 0 Å². The van der Waals surface area contributed by atoms with Gasteiger partial charge in [-0.15, -0.1) is 0 Å². The van der Waals surface area contributed by atoms with Crippen LogP contribution in [0.1, 0.15) is 36.8 Å². The van der Waals surface area contributed by atoms with Crippen LogP contribution in [-0.2, 0) is 19.4 Å². The number of hydrogen-bond donors (Lipinski definition) is 1. The number of rotatable bonds is 5. The summed E-state index contributed by atoms with van der Waals surface area (Å²) in [5.74, 6) is 0.